The summed E-state index contributed by atoms with van der Waals surface area (Å²) in [6.07, 6.45) is 1.34. The van der Waals surface area contributed by atoms with E-state index in [2.05, 4.69) is 29.0 Å². The summed E-state index contributed by atoms with van der Waals surface area (Å²) in [5.41, 5.74) is 0.271. The number of nitrogens with zero attached hydrogens (tertiary/aromatic N) is 2. The predicted octanol–water partition coefficient (Wildman–Crippen LogP) is 0.639. The third kappa shape index (κ3) is 3.92. The van der Waals surface area contributed by atoms with Gasteiger partial charge in [-0.25, -0.2) is 0 Å². The molecular formula is C14H29N3O. The van der Waals surface area contributed by atoms with Crippen LogP contribution < -0.4 is 5.32 Å². The maximum absolute atomic E-state index is 5.31. The molecule has 4 nitrogen and oxygen atoms in total. The lowest BCUT2D eigenvalue weighted by Crippen LogP contribution is -2.49. The molecule has 2 saturated heterocycles. The Bertz CT molecular complexity index is 251. The lowest BCUT2D eigenvalue weighted by Gasteiger charge is -2.34. The Morgan fingerprint density at radius 3 is 2.61 bits per heavy atom. The van der Waals surface area contributed by atoms with E-state index in [1.54, 1.807) is 7.11 Å². The molecule has 0 aromatic rings. The number of ether oxygens (including phenoxy) is 1. The molecule has 0 aromatic heterocycles. The average Bonchev–Trinajstić information content (AvgIpc) is 2.77. The zero-order valence-corrected chi connectivity index (χ0v) is 12.2. The normalized spacial score (nSPS) is 27.8. The van der Waals surface area contributed by atoms with Crippen LogP contribution >= 0.6 is 0 Å². The summed E-state index contributed by atoms with van der Waals surface area (Å²) in [4.78, 5) is 5.28. The van der Waals surface area contributed by atoms with Crippen LogP contribution in [0.4, 0.5) is 0 Å². The highest BCUT2D eigenvalue weighted by atomic mass is 16.5. The minimum absolute atomic E-state index is 0.271. The lowest BCUT2D eigenvalue weighted by atomic mass is 9.94. The van der Waals surface area contributed by atoms with Gasteiger partial charge in [-0.3, -0.25) is 4.90 Å². The average molecular weight is 255 g/mol. The Balaban J connectivity index is 1.77. The number of nitrogens with one attached hydrogen (secondary N) is 1. The molecule has 0 spiro atoms. The van der Waals surface area contributed by atoms with Gasteiger partial charge in [0.05, 0.1) is 6.61 Å². The molecule has 1 atom stereocenters. The Hall–Kier alpha value is -0.160. The van der Waals surface area contributed by atoms with Crippen molar-refractivity contribution in [2.45, 2.75) is 26.3 Å². The summed E-state index contributed by atoms with van der Waals surface area (Å²) in [6.45, 7) is 13.9. The maximum Gasteiger partial charge on any atom is 0.0525 e. The second-order valence-electron chi connectivity index (χ2n) is 6.56. The molecule has 0 saturated carbocycles. The first kappa shape index (κ1) is 14.3. The van der Waals surface area contributed by atoms with E-state index in [-0.39, 0.29) is 5.41 Å². The van der Waals surface area contributed by atoms with Gasteiger partial charge < -0.3 is 15.0 Å². The van der Waals surface area contributed by atoms with E-state index < -0.39 is 0 Å². The third-order valence-corrected chi connectivity index (χ3v) is 4.10. The van der Waals surface area contributed by atoms with Crippen LogP contribution in [0.5, 0.6) is 0 Å². The van der Waals surface area contributed by atoms with Gasteiger partial charge in [-0.05, 0) is 13.0 Å². The van der Waals surface area contributed by atoms with Crippen molar-refractivity contribution in [2.24, 2.45) is 5.41 Å². The summed E-state index contributed by atoms with van der Waals surface area (Å²) in [5.74, 6) is 0. The highest BCUT2D eigenvalue weighted by Crippen LogP contribution is 2.22. The van der Waals surface area contributed by atoms with Gasteiger partial charge in [0.1, 0.15) is 0 Å². The molecule has 1 unspecified atom stereocenters. The second kappa shape index (κ2) is 6.33. The van der Waals surface area contributed by atoms with E-state index in [9.17, 15) is 0 Å². The summed E-state index contributed by atoms with van der Waals surface area (Å²) in [6, 6.07) is 0.783. The first-order valence-corrected chi connectivity index (χ1v) is 7.27. The largest absolute Gasteiger partial charge is 0.384 e. The van der Waals surface area contributed by atoms with Gasteiger partial charge in [0.25, 0.3) is 0 Å². The molecule has 0 aromatic carbocycles. The summed E-state index contributed by atoms with van der Waals surface area (Å²) in [7, 11) is 1.80. The molecule has 2 aliphatic heterocycles. The number of piperazine rings is 1. The van der Waals surface area contributed by atoms with E-state index in [0.29, 0.717) is 0 Å². The minimum atomic E-state index is 0.271. The van der Waals surface area contributed by atoms with Crippen LogP contribution in [-0.2, 0) is 4.74 Å². The number of likely N-dealkylation sites (tertiary alicyclic amines) is 1. The molecule has 0 amide bonds. The van der Waals surface area contributed by atoms with Gasteiger partial charge in [0.15, 0.2) is 0 Å². The number of rotatable bonds is 5. The minimum Gasteiger partial charge on any atom is -0.384 e. The number of hydrogen-bond acceptors (Lipinski definition) is 4. The quantitative estimate of drug-likeness (QED) is 0.780. The summed E-state index contributed by atoms with van der Waals surface area (Å²) in [5, 5.41) is 3.43. The SMILES string of the molecule is COCC(C)(C)CN1CCC(N2CCNCC2)C1. The Morgan fingerprint density at radius 1 is 1.22 bits per heavy atom. The van der Waals surface area contributed by atoms with Crippen molar-refractivity contribution in [2.75, 3.05) is 59.5 Å². The molecular weight excluding hydrogens is 226 g/mol. The van der Waals surface area contributed by atoms with Crippen molar-refractivity contribution in [3.63, 3.8) is 0 Å². The van der Waals surface area contributed by atoms with Crippen molar-refractivity contribution in [1.82, 2.24) is 15.1 Å². The fraction of sp³-hybridized carbons (Fsp3) is 1.00. The molecule has 2 rings (SSSR count). The lowest BCUT2D eigenvalue weighted by molar-refractivity contribution is 0.0733. The van der Waals surface area contributed by atoms with E-state index in [0.717, 1.165) is 32.3 Å². The second-order valence-corrected chi connectivity index (χ2v) is 6.56. The van der Waals surface area contributed by atoms with Crippen molar-refractivity contribution in [3.05, 3.63) is 0 Å². The zero-order valence-electron chi connectivity index (χ0n) is 12.2. The molecule has 0 bridgehead atoms. The Kier molecular flexibility index (Phi) is 5.01. The van der Waals surface area contributed by atoms with Crippen LogP contribution in [0.1, 0.15) is 20.3 Å². The van der Waals surface area contributed by atoms with Crippen LogP contribution in [0.2, 0.25) is 0 Å². The highest BCUT2D eigenvalue weighted by molar-refractivity contribution is 4.87. The number of methoxy groups -OCH3 is 1. The maximum atomic E-state index is 5.31. The van der Waals surface area contributed by atoms with Crippen LogP contribution in [0, 0.1) is 5.41 Å². The highest BCUT2D eigenvalue weighted by Gasteiger charge is 2.31. The standard InChI is InChI=1S/C14H29N3O/c1-14(2,12-18-3)11-16-7-4-13(10-16)17-8-5-15-6-9-17/h13,15H,4-12H2,1-3H3. The fourth-order valence-corrected chi connectivity index (χ4v) is 3.34. The van der Waals surface area contributed by atoms with E-state index in [1.165, 1.54) is 32.6 Å². The van der Waals surface area contributed by atoms with Crippen LogP contribution in [0.25, 0.3) is 0 Å². The molecule has 2 aliphatic rings. The predicted molar refractivity (Wildman–Crippen MR) is 74.9 cm³/mol. The molecule has 4 heteroatoms. The fourth-order valence-electron chi connectivity index (χ4n) is 3.34. The van der Waals surface area contributed by atoms with Gasteiger partial charge >= 0.3 is 0 Å². The van der Waals surface area contributed by atoms with Gasteiger partial charge in [0, 0.05) is 57.8 Å². The Labute approximate surface area is 112 Å². The van der Waals surface area contributed by atoms with Gasteiger partial charge in [0.2, 0.25) is 0 Å². The Morgan fingerprint density at radius 2 is 1.94 bits per heavy atom. The number of hydrogen-bond donors (Lipinski definition) is 1. The van der Waals surface area contributed by atoms with E-state index in [1.807, 2.05) is 0 Å². The van der Waals surface area contributed by atoms with E-state index >= 15 is 0 Å². The van der Waals surface area contributed by atoms with Gasteiger partial charge in [-0.2, -0.15) is 0 Å². The molecule has 0 radical (unpaired) electrons. The summed E-state index contributed by atoms with van der Waals surface area (Å²) >= 11 is 0. The van der Waals surface area contributed by atoms with Crippen molar-refractivity contribution in [1.29, 1.82) is 0 Å². The van der Waals surface area contributed by atoms with Gasteiger partial charge in [-0.1, -0.05) is 13.8 Å². The first-order chi connectivity index (χ1) is 8.61. The van der Waals surface area contributed by atoms with Crippen LogP contribution in [0.15, 0.2) is 0 Å². The summed E-state index contributed by atoms with van der Waals surface area (Å²) < 4.78 is 5.31. The van der Waals surface area contributed by atoms with Crippen molar-refractivity contribution < 1.29 is 4.74 Å². The topological polar surface area (TPSA) is 27.7 Å². The molecule has 106 valence electrons. The molecule has 0 aliphatic carbocycles. The molecule has 2 heterocycles. The van der Waals surface area contributed by atoms with E-state index in [4.69, 9.17) is 4.74 Å². The van der Waals surface area contributed by atoms with Crippen molar-refractivity contribution in [3.8, 4) is 0 Å². The molecule has 2 fully saturated rings. The molecule has 18 heavy (non-hydrogen) atoms. The zero-order chi connectivity index (χ0) is 13.0. The van der Waals surface area contributed by atoms with Gasteiger partial charge in [-0.15, -0.1) is 0 Å². The van der Waals surface area contributed by atoms with Crippen LogP contribution in [0.3, 0.4) is 0 Å². The van der Waals surface area contributed by atoms with Crippen molar-refractivity contribution >= 4 is 0 Å². The monoisotopic (exact) mass is 255 g/mol. The smallest absolute Gasteiger partial charge is 0.0525 e. The van der Waals surface area contributed by atoms with Crippen LogP contribution in [-0.4, -0.2) is 75.4 Å². The molecule has 1 N–H and O–H groups in total. The third-order valence-electron chi connectivity index (χ3n) is 4.10. The first-order valence-electron chi connectivity index (χ1n) is 7.27.